The Kier molecular flexibility index (Phi) is 6.44. The summed E-state index contributed by atoms with van der Waals surface area (Å²) in [6.45, 7) is 11.3. The van der Waals surface area contributed by atoms with Crippen LogP contribution in [0.5, 0.6) is 0 Å². The molecule has 1 rings (SSSR count). The van der Waals surface area contributed by atoms with Crippen molar-refractivity contribution in [2.75, 3.05) is 29.5 Å². The highest BCUT2D eigenvalue weighted by Gasteiger charge is 2.07. The number of nitrogen functional groups attached to an aromatic ring is 1. The predicted molar refractivity (Wildman–Crippen MR) is 84.5 cm³/mol. The molecule has 0 aliphatic carbocycles. The van der Waals surface area contributed by atoms with E-state index in [9.17, 15) is 0 Å². The van der Waals surface area contributed by atoms with E-state index in [1.165, 1.54) is 11.3 Å². The lowest BCUT2D eigenvalue weighted by Crippen LogP contribution is -2.24. The zero-order valence-electron chi connectivity index (χ0n) is 11.1. The smallest absolute Gasteiger partial charge is 0.0606 e. The van der Waals surface area contributed by atoms with Gasteiger partial charge in [0.2, 0.25) is 0 Å². The van der Waals surface area contributed by atoms with E-state index in [1.807, 2.05) is 23.9 Å². The topological polar surface area (TPSA) is 29.3 Å². The quantitative estimate of drug-likeness (QED) is 0.437. The van der Waals surface area contributed by atoms with Crippen LogP contribution in [0, 0.1) is 0 Å². The number of nitrogens with two attached hydrogens (primary N) is 1. The number of hydrogen-bond acceptors (Lipinski definition) is 3. The van der Waals surface area contributed by atoms with Crippen LogP contribution in [0.2, 0.25) is 0 Å². The molecule has 0 saturated heterocycles. The number of thioether (sulfide) groups is 1. The monoisotopic (exact) mass is 262 g/mol. The molecule has 0 fully saturated rings. The Morgan fingerprint density at radius 2 is 1.94 bits per heavy atom. The molecule has 98 valence electrons. The maximum absolute atomic E-state index is 6.13. The first kappa shape index (κ1) is 14.7. The van der Waals surface area contributed by atoms with Crippen LogP contribution in [-0.4, -0.2) is 18.8 Å². The van der Waals surface area contributed by atoms with E-state index >= 15 is 0 Å². The molecule has 1 aromatic carbocycles. The van der Waals surface area contributed by atoms with Gasteiger partial charge in [-0.15, -0.1) is 24.9 Å². The van der Waals surface area contributed by atoms with Crippen molar-refractivity contribution in [2.24, 2.45) is 0 Å². The third-order valence-corrected chi connectivity index (χ3v) is 3.71. The Balaban J connectivity index is 2.87. The summed E-state index contributed by atoms with van der Waals surface area (Å²) in [4.78, 5) is 3.39. The number of benzene rings is 1. The first-order chi connectivity index (χ1) is 8.72. The average Bonchev–Trinajstić information content (AvgIpc) is 2.36. The standard InChI is InChI=1S/C15H22N2S/c1-4-9-17(10-5-2)15-8-7-13(12-14(15)16)18-11-6-3/h4-5,7-8,12H,1-2,6,9-11,16H2,3H3. The maximum Gasteiger partial charge on any atom is 0.0606 e. The molecule has 0 aliphatic heterocycles. The van der Waals surface area contributed by atoms with Gasteiger partial charge < -0.3 is 10.6 Å². The molecular formula is C15H22N2S. The summed E-state index contributed by atoms with van der Waals surface area (Å²) in [6.07, 6.45) is 4.93. The van der Waals surface area contributed by atoms with Crippen LogP contribution >= 0.6 is 11.8 Å². The van der Waals surface area contributed by atoms with E-state index in [4.69, 9.17) is 5.73 Å². The van der Waals surface area contributed by atoms with Gasteiger partial charge in [0.15, 0.2) is 0 Å². The zero-order chi connectivity index (χ0) is 13.4. The summed E-state index contributed by atoms with van der Waals surface area (Å²) in [7, 11) is 0. The summed E-state index contributed by atoms with van der Waals surface area (Å²) in [5.41, 5.74) is 8.00. The molecular weight excluding hydrogens is 240 g/mol. The minimum atomic E-state index is 0.775. The van der Waals surface area contributed by atoms with Crippen LogP contribution in [-0.2, 0) is 0 Å². The third kappa shape index (κ3) is 4.15. The molecule has 0 aliphatic rings. The number of rotatable bonds is 8. The first-order valence-corrected chi connectivity index (χ1v) is 7.20. The molecule has 0 aromatic heterocycles. The largest absolute Gasteiger partial charge is 0.397 e. The molecule has 3 heteroatoms. The Morgan fingerprint density at radius 3 is 2.44 bits per heavy atom. The fourth-order valence-electron chi connectivity index (χ4n) is 1.71. The first-order valence-electron chi connectivity index (χ1n) is 6.22. The van der Waals surface area contributed by atoms with Crippen molar-refractivity contribution in [2.45, 2.75) is 18.2 Å². The van der Waals surface area contributed by atoms with Gasteiger partial charge in [0.1, 0.15) is 0 Å². The fourth-order valence-corrected chi connectivity index (χ4v) is 2.53. The summed E-state index contributed by atoms with van der Waals surface area (Å²) in [6, 6.07) is 6.26. The second-order valence-electron chi connectivity index (χ2n) is 4.05. The minimum Gasteiger partial charge on any atom is -0.397 e. The minimum absolute atomic E-state index is 0.775. The summed E-state index contributed by atoms with van der Waals surface area (Å²) in [5, 5.41) is 0. The van der Waals surface area contributed by atoms with Crippen molar-refractivity contribution < 1.29 is 0 Å². The molecule has 0 atom stereocenters. The predicted octanol–water partition coefficient (Wildman–Crippen LogP) is 3.95. The highest BCUT2D eigenvalue weighted by molar-refractivity contribution is 7.99. The van der Waals surface area contributed by atoms with Crippen LogP contribution in [0.1, 0.15) is 13.3 Å². The second-order valence-corrected chi connectivity index (χ2v) is 5.22. The van der Waals surface area contributed by atoms with Crippen molar-refractivity contribution in [3.63, 3.8) is 0 Å². The van der Waals surface area contributed by atoms with Gasteiger partial charge >= 0.3 is 0 Å². The molecule has 18 heavy (non-hydrogen) atoms. The van der Waals surface area contributed by atoms with Gasteiger partial charge in [-0.2, -0.15) is 0 Å². The van der Waals surface area contributed by atoms with E-state index in [2.05, 4.69) is 43.2 Å². The second kappa shape index (κ2) is 7.88. The van der Waals surface area contributed by atoms with Crippen LogP contribution < -0.4 is 10.6 Å². The molecule has 0 spiro atoms. The zero-order valence-corrected chi connectivity index (χ0v) is 11.9. The van der Waals surface area contributed by atoms with Gasteiger partial charge in [-0.3, -0.25) is 0 Å². The fraction of sp³-hybridized carbons (Fsp3) is 0.333. The molecule has 1 aromatic rings. The molecule has 0 heterocycles. The average molecular weight is 262 g/mol. The van der Waals surface area contributed by atoms with E-state index in [1.54, 1.807) is 0 Å². The maximum atomic E-state index is 6.13. The molecule has 0 bridgehead atoms. The molecule has 2 nitrogen and oxygen atoms in total. The van der Waals surface area contributed by atoms with Crippen LogP contribution in [0.4, 0.5) is 11.4 Å². The Hall–Kier alpha value is -1.35. The molecule has 0 saturated carbocycles. The van der Waals surface area contributed by atoms with Gasteiger partial charge in [-0.25, -0.2) is 0 Å². The van der Waals surface area contributed by atoms with Gasteiger partial charge in [-0.05, 0) is 30.4 Å². The Labute approximate surface area is 115 Å². The van der Waals surface area contributed by atoms with E-state index in [-0.39, 0.29) is 0 Å². The van der Waals surface area contributed by atoms with E-state index in [0.29, 0.717) is 0 Å². The normalized spacial score (nSPS) is 10.1. The van der Waals surface area contributed by atoms with Crippen LogP contribution in [0.25, 0.3) is 0 Å². The van der Waals surface area contributed by atoms with E-state index < -0.39 is 0 Å². The lowest BCUT2D eigenvalue weighted by Gasteiger charge is -2.23. The molecule has 0 unspecified atom stereocenters. The Morgan fingerprint density at radius 1 is 1.28 bits per heavy atom. The molecule has 0 amide bonds. The highest BCUT2D eigenvalue weighted by atomic mass is 32.2. The van der Waals surface area contributed by atoms with Crippen LogP contribution in [0.15, 0.2) is 48.4 Å². The molecule has 2 N–H and O–H groups in total. The van der Waals surface area contributed by atoms with Gasteiger partial charge in [0, 0.05) is 18.0 Å². The summed E-state index contributed by atoms with van der Waals surface area (Å²) < 4.78 is 0. The van der Waals surface area contributed by atoms with Gasteiger partial charge in [-0.1, -0.05) is 19.1 Å². The highest BCUT2D eigenvalue weighted by Crippen LogP contribution is 2.29. The Bertz CT molecular complexity index is 391. The number of hydrogen-bond donors (Lipinski definition) is 1. The van der Waals surface area contributed by atoms with Crippen molar-refractivity contribution in [1.82, 2.24) is 0 Å². The van der Waals surface area contributed by atoms with Crippen molar-refractivity contribution in [3.05, 3.63) is 43.5 Å². The lowest BCUT2D eigenvalue weighted by atomic mass is 10.2. The third-order valence-electron chi connectivity index (χ3n) is 2.51. The van der Waals surface area contributed by atoms with Crippen molar-refractivity contribution in [1.29, 1.82) is 0 Å². The van der Waals surface area contributed by atoms with Crippen molar-refractivity contribution in [3.8, 4) is 0 Å². The summed E-state index contributed by atoms with van der Waals surface area (Å²) in [5.74, 6) is 1.13. The number of anilines is 2. The van der Waals surface area contributed by atoms with Gasteiger partial charge in [0.05, 0.1) is 11.4 Å². The summed E-state index contributed by atoms with van der Waals surface area (Å²) >= 11 is 1.84. The van der Waals surface area contributed by atoms with Crippen LogP contribution in [0.3, 0.4) is 0 Å². The van der Waals surface area contributed by atoms with E-state index in [0.717, 1.165) is 30.2 Å². The SMILES string of the molecule is C=CCN(CC=C)c1ccc(SCCC)cc1N. The van der Waals surface area contributed by atoms with Crippen molar-refractivity contribution >= 4 is 23.1 Å². The van der Waals surface area contributed by atoms with Gasteiger partial charge in [0.25, 0.3) is 0 Å². The number of nitrogens with zero attached hydrogens (tertiary/aromatic N) is 1. The lowest BCUT2D eigenvalue weighted by molar-refractivity contribution is 0.957. The molecule has 0 radical (unpaired) electrons.